The second-order valence-corrected chi connectivity index (χ2v) is 8.46. The normalized spacial score (nSPS) is 26.4. The number of aryl methyl sites for hydroxylation is 1. The van der Waals surface area contributed by atoms with Crippen molar-refractivity contribution >= 4 is 23.3 Å². The number of rotatable bonds is 4. The summed E-state index contributed by atoms with van der Waals surface area (Å²) in [4.78, 5) is 6.08. The molecule has 26 heavy (non-hydrogen) atoms. The Bertz CT molecular complexity index is 770. The van der Waals surface area contributed by atoms with E-state index in [9.17, 15) is 0 Å². The van der Waals surface area contributed by atoms with E-state index in [0.29, 0.717) is 11.2 Å². The third kappa shape index (κ3) is 3.90. The van der Waals surface area contributed by atoms with Gasteiger partial charge in [-0.3, -0.25) is 0 Å². The highest BCUT2D eigenvalue weighted by Crippen LogP contribution is 2.43. The minimum Gasteiger partial charge on any atom is -0.497 e. The lowest BCUT2D eigenvalue weighted by Gasteiger charge is -2.31. The maximum absolute atomic E-state index is 6.33. The van der Waals surface area contributed by atoms with Crippen molar-refractivity contribution in [3.8, 4) is 5.75 Å². The van der Waals surface area contributed by atoms with Gasteiger partial charge in [-0.25, -0.2) is 4.99 Å². The molecule has 136 valence electrons. The fourth-order valence-corrected chi connectivity index (χ4v) is 5.16. The summed E-state index contributed by atoms with van der Waals surface area (Å²) in [7, 11) is 1.68. The maximum atomic E-state index is 6.33. The summed E-state index contributed by atoms with van der Waals surface area (Å²) in [5, 5.41) is 0.514. The molecule has 4 heteroatoms. The molecule has 2 fully saturated rings. The van der Waals surface area contributed by atoms with Crippen molar-refractivity contribution in [2.45, 2.75) is 48.9 Å². The standard InChI is InChI=1S/C22H25NO2S/c1-15-6-12-19(13-7-15)26-20-5-3-4-16-14-21(25-22(16)20)23-17-8-10-18(24-2)11-9-17/h6-13,16,20,22H,3-5,14H2,1-2H3. The lowest BCUT2D eigenvalue weighted by molar-refractivity contribution is 0.137. The monoisotopic (exact) mass is 367 g/mol. The van der Waals surface area contributed by atoms with Crippen LogP contribution in [-0.2, 0) is 4.74 Å². The van der Waals surface area contributed by atoms with E-state index in [1.807, 2.05) is 36.0 Å². The van der Waals surface area contributed by atoms with Crippen molar-refractivity contribution in [2.24, 2.45) is 10.9 Å². The number of ether oxygens (including phenoxy) is 2. The molecule has 2 aromatic carbocycles. The third-order valence-corrected chi connectivity index (χ3v) is 6.59. The average molecular weight is 368 g/mol. The summed E-state index contributed by atoms with van der Waals surface area (Å²) >= 11 is 1.97. The van der Waals surface area contributed by atoms with Crippen LogP contribution in [0.2, 0.25) is 0 Å². The minimum absolute atomic E-state index is 0.284. The van der Waals surface area contributed by atoms with Crippen LogP contribution in [0.15, 0.2) is 58.4 Å². The van der Waals surface area contributed by atoms with Gasteiger partial charge >= 0.3 is 0 Å². The Kier molecular flexibility index (Phi) is 5.21. The summed E-state index contributed by atoms with van der Waals surface area (Å²) in [6.45, 7) is 2.13. The fourth-order valence-electron chi connectivity index (χ4n) is 3.82. The zero-order valence-corrected chi connectivity index (χ0v) is 16.2. The van der Waals surface area contributed by atoms with E-state index in [-0.39, 0.29) is 6.10 Å². The van der Waals surface area contributed by atoms with E-state index in [1.165, 1.54) is 29.7 Å². The van der Waals surface area contributed by atoms with E-state index >= 15 is 0 Å². The Morgan fingerprint density at radius 3 is 2.54 bits per heavy atom. The zero-order valence-electron chi connectivity index (χ0n) is 15.4. The molecule has 3 atom stereocenters. The first kappa shape index (κ1) is 17.5. The highest BCUT2D eigenvalue weighted by molar-refractivity contribution is 8.00. The first-order valence-corrected chi connectivity index (χ1v) is 10.2. The molecule has 0 aromatic heterocycles. The number of fused-ring (bicyclic) bond motifs is 1. The van der Waals surface area contributed by atoms with Gasteiger partial charge in [0.2, 0.25) is 0 Å². The number of aliphatic imine (C=N–C) groups is 1. The molecule has 1 saturated carbocycles. The maximum Gasteiger partial charge on any atom is 0.189 e. The van der Waals surface area contributed by atoms with Gasteiger partial charge in [-0.05, 0) is 56.2 Å². The summed E-state index contributed by atoms with van der Waals surface area (Å²) in [5.41, 5.74) is 2.24. The van der Waals surface area contributed by atoms with Crippen molar-refractivity contribution in [1.82, 2.24) is 0 Å². The van der Waals surface area contributed by atoms with Crippen molar-refractivity contribution in [3.63, 3.8) is 0 Å². The number of methoxy groups -OCH3 is 1. The minimum atomic E-state index is 0.284. The topological polar surface area (TPSA) is 30.8 Å². The molecule has 3 nitrogen and oxygen atoms in total. The third-order valence-electron chi connectivity index (χ3n) is 5.24. The Hall–Kier alpha value is -1.94. The molecular formula is C22H25NO2S. The smallest absolute Gasteiger partial charge is 0.189 e. The van der Waals surface area contributed by atoms with Gasteiger partial charge in [-0.1, -0.05) is 24.1 Å². The van der Waals surface area contributed by atoms with Gasteiger partial charge in [0.25, 0.3) is 0 Å². The number of hydrogen-bond acceptors (Lipinski definition) is 4. The zero-order chi connectivity index (χ0) is 17.9. The molecule has 0 bridgehead atoms. The van der Waals surface area contributed by atoms with E-state index in [1.54, 1.807) is 7.11 Å². The molecular weight excluding hydrogens is 342 g/mol. The molecule has 0 spiro atoms. The molecule has 1 heterocycles. The second-order valence-electron chi connectivity index (χ2n) is 7.15. The highest BCUT2D eigenvalue weighted by Gasteiger charge is 2.41. The number of nitrogens with zero attached hydrogens (tertiary/aromatic N) is 1. The van der Waals surface area contributed by atoms with Crippen LogP contribution in [-0.4, -0.2) is 24.4 Å². The second kappa shape index (κ2) is 7.75. The van der Waals surface area contributed by atoms with Gasteiger partial charge in [0.05, 0.1) is 12.8 Å². The predicted molar refractivity (Wildman–Crippen MR) is 108 cm³/mol. The van der Waals surface area contributed by atoms with E-state index < -0.39 is 0 Å². The van der Waals surface area contributed by atoms with Crippen LogP contribution in [0, 0.1) is 12.8 Å². The Labute approximate surface area is 159 Å². The van der Waals surface area contributed by atoms with Gasteiger partial charge < -0.3 is 9.47 Å². The van der Waals surface area contributed by atoms with E-state index in [4.69, 9.17) is 14.5 Å². The van der Waals surface area contributed by atoms with Crippen LogP contribution in [0.1, 0.15) is 31.2 Å². The number of hydrogen-bond donors (Lipinski definition) is 0. The molecule has 0 radical (unpaired) electrons. The van der Waals surface area contributed by atoms with E-state index in [2.05, 4.69) is 31.2 Å². The lowest BCUT2D eigenvalue weighted by atomic mass is 9.86. The molecule has 1 aliphatic heterocycles. The predicted octanol–water partition coefficient (Wildman–Crippen LogP) is 5.78. The quantitative estimate of drug-likeness (QED) is 0.686. The van der Waals surface area contributed by atoms with E-state index in [0.717, 1.165) is 23.8 Å². The van der Waals surface area contributed by atoms with Crippen LogP contribution < -0.4 is 4.74 Å². The molecule has 3 unspecified atom stereocenters. The first-order valence-electron chi connectivity index (χ1n) is 9.33. The Morgan fingerprint density at radius 2 is 1.81 bits per heavy atom. The molecule has 1 aliphatic carbocycles. The van der Waals surface area contributed by atoms with Crippen LogP contribution in [0.5, 0.6) is 5.75 Å². The molecule has 2 aliphatic rings. The van der Waals surface area contributed by atoms with Gasteiger partial charge in [-0.2, -0.15) is 0 Å². The van der Waals surface area contributed by atoms with Crippen LogP contribution >= 0.6 is 11.8 Å². The molecule has 0 amide bonds. The number of thioether (sulfide) groups is 1. The summed E-state index contributed by atoms with van der Waals surface area (Å²) in [6, 6.07) is 16.7. The Balaban J connectivity index is 1.46. The average Bonchev–Trinajstić information content (AvgIpc) is 3.08. The SMILES string of the molecule is COc1ccc(N=C2CC3CCCC(Sc4ccc(C)cc4)C3O2)cc1. The van der Waals surface area contributed by atoms with Gasteiger partial charge in [0.15, 0.2) is 5.90 Å². The molecule has 0 N–H and O–H groups in total. The molecule has 1 saturated heterocycles. The van der Waals surface area contributed by atoms with Gasteiger partial charge in [0, 0.05) is 22.5 Å². The fraction of sp³-hybridized carbons (Fsp3) is 0.409. The van der Waals surface area contributed by atoms with Crippen LogP contribution in [0.3, 0.4) is 0 Å². The van der Waals surface area contributed by atoms with Crippen molar-refractivity contribution < 1.29 is 9.47 Å². The van der Waals surface area contributed by atoms with Crippen molar-refractivity contribution in [1.29, 1.82) is 0 Å². The largest absolute Gasteiger partial charge is 0.497 e. The summed E-state index contributed by atoms with van der Waals surface area (Å²) in [5.74, 6) is 2.34. The van der Waals surface area contributed by atoms with Crippen molar-refractivity contribution in [3.05, 3.63) is 54.1 Å². The summed E-state index contributed by atoms with van der Waals surface area (Å²) < 4.78 is 11.5. The van der Waals surface area contributed by atoms with Crippen molar-refractivity contribution in [2.75, 3.05) is 7.11 Å². The van der Waals surface area contributed by atoms with Gasteiger partial charge in [0.1, 0.15) is 11.9 Å². The Morgan fingerprint density at radius 1 is 1.04 bits per heavy atom. The first-order chi connectivity index (χ1) is 12.7. The summed E-state index contributed by atoms with van der Waals surface area (Å²) in [6.07, 6.45) is 4.99. The molecule has 2 aromatic rings. The van der Waals surface area contributed by atoms with Gasteiger partial charge in [-0.15, -0.1) is 11.8 Å². The number of benzene rings is 2. The van der Waals surface area contributed by atoms with Crippen LogP contribution in [0.25, 0.3) is 0 Å². The highest BCUT2D eigenvalue weighted by atomic mass is 32.2. The lowest BCUT2D eigenvalue weighted by Crippen LogP contribution is -2.32. The van der Waals surface area contributed by atoms with Crippen LogP contribution in [0.4, 0.5) is 5.69 Å². The molecule has 4 rings (SSSR count).